The number of halogens is 2. The Labute approximate surface area is 191 Å². The summed E-state index contributed by atoms with van der Waals surface area (Å²) in [6, 6.07) is 2.30. The van der Waals surface area contributed by atoms with E-state index < -0.39 is 29.6 Å². The Bertz CT molecular complexity index is 1380. The lowest BCUT2D eigenvalue weighted by molar-refractivity contribution is -0.148. The number of pyridine rings is 1. The third-order valence-corrected chi connectivity index (χ3v) is 7.07. The molecule has 3 fully saturated rings. The summed E-state index contributed by atoms with van der Waals surface area (Å²) in [5.41, 5.74) is 0.720. The van der Waals surface area contributed by atoms with E-state index in [2.05, 4.69) is 30.4 Å². The molecule has 9 nitrogen and oxygen atoms in total. The second-order valence-corrected chi connectivity index (χ2v) is 8.90. The van der Waals surface area contributed by atoms with Gasteiger partial charge >= 0.3 is 5.97 Å². The van der Waals surface area contributed by atoms with Gasteiger partial charge in [0.2, 0.25) is 0 Å². The van der Waals surface area contributed by atoms with E-state index in [-0.39, 0.29) is 34.9 Å². The molecule has 0 spiro atoms. The maximum atomic E-state index is 15.7. The Morgan fingerprint density at radius 2 is 1.97 bits per heavy atom. The zero-order valence-electron chi connectivity index (χ0n) is 17.8. The lowest BCUT2D eigenvalue weighted by Gasteiger charge is -2.47. The molecule has 0 aliphatic heterocycles. The Morgan fingerprint density at radius 3 is 2.71 bits per heavy atom. The van der Waals surface area contributed by atoms with Crippen molar-refractivity contribution in [1.82, 2.24) is 25.1 Å². The van der Waals surface area contributed by atoms with E-state index >= 15 is 4.39 Å². The minimum atomic E-state index is -0.893. The molecule has 0 amide bonds. The van der Waals surface area contributed by atoms with E-state index in [0.29, 0.717) is 16.6 Å². The molecule has 2 atom stereocenters. The van der Waals surface area contributed by atoms with Crippen molar-refractivity contribution in [3.8, 4) is 22.8 Å². The molecule has 3 aliphatic carbocycles. The van der Waals surface area contributed by atoms with Crippen LogP contribution >= 0.6 is 0 Å². The first-order valence-electron chi connectivity index (χ1n) is 11.1. The molecule has 0 radical (unpaired) electrons. The van der Waals surface area contributed by atoms with E-state index in [1.165, 1.54) is 18.3 Å². The van der Waals surface area contributed by atoms with Crippen LogP contribution in [-0.2, 0) is 4.79 Å². The van der Waals surface area contributed by atoms with E-state index in [9.17, 15) is 14.3 Å². The number of nitrogens with zero attached hydrogens (tertiary/aromatic N) is 4. The number of aromatic amines is 1. The molecule has 2 bridgehead atoms. The van der Waals surface area contributed by atoms with Crippen molar-refractivity contribution in [2.75, 3.05) is 5.32 Å². The number of carbonyl (C=O) groups is 1. The molecule has 0 aromatic carbocycles. The number of aromatic nitrogens is 5. The summed E-state index contributed by atoms with van der Waals surface area (Å²) in [6.07, 6.45) is 7.51. The number of anilines is 1. The zero-order chi connectivity index (χ0) is 23.4. The number of carboxylic acid groups (broad SMARTS) is 1. The molecule has 11 heteroatoms. The number of aliphatic carboxylic acids is 1. The quantitative estimate of drug-likeness (QED) is 0.398. The van der Waals surface area contributed by atoms with Gasteiger partial charge in [-0.2, -0.15) is 0 Å². The summed E-state index contributed by atoms with van der Waals surface area (Å²) in [5, 5.41) is 17.1. The Morgan fingerprint density at radius 1 is 1.18 bits per heavy atom. The van der Waals surface area contributed by atoms with Gasteiger partial charge in [0.25, 0.3) is 0 Å². The van der Waals surface area contributed by atoms with Gasteiger partial charge in [-0.1, -0.05) is 5.16 Å². The van der Waals surface area contributed by atoms with Crippen molar-refractivity contribution in [3.63, 3.8) is 0 Å². The van der Waals surface area contributed by atoms with Crippen LogP contribution in [0.2, 0.25) is 0 Å². The van der Waals surface area contributed by atoms with Crippen LogP contribution in [0.5, 0.6) is 0 Å². The highest BCUT2D eigenvalue weighted by molar-refractivity contribution is 5.92. The molecule has 174 valence electrons. The Kier molecular flexibility index (Phi) is 4.78. The standard InChI is InChI=1S/C23H20F2N6O3/c24-12-7-13-14(9-27-20(13)26-8-12)21-30-19(15-5-6-28-34-15)17(25)22(31-21)29-18-11-3-1-10(2-4-11)16(18)23(32)33/h5-11,16,18H,1-4H2,(H,26,27)(H,32,33)(H,29,30,31). The normalized spacial score (nSPS) is 23.9. The molecule has 4 aromatic rings. The summed E-state index contributed by atoms with van der Waals surface area (Å²) in [7, 11) is 0. The first-order valence-corrected chi connectivity index (χ1v) is 11.1. The summed E-state index contributed by atoms with van der Waals surface area (Å²) >= 11 is 0. The SMILES string of the molecule is O=C(O)C1C2CCC(CC2)C1Nc1nc(-c2c[nH]c3ncc(F)cc23)nc(-c2ccno2)c1F. The highest BCUT2D eigenvalue weighted by Gasteiger charge is 2.47. The molecule has 4 aromatic heterocycles. The Balaban J connectivity index is 1.49. The molecule has 0 saturated heterocycles. The molecule has 7 rings (SSSR count). The fourth-order valence-corrected chi connectivity index (χ4v) is 5.50. The van der Waals surface area contributed by atoms with E-state index in [4.69, 9.17) is 4.52 Å². The summed E-state index contributed by atoms with van der Waals surface area (Å²) in [4.78, 5) is 27.8. The highest BCUT2D eigenvalue weighted by Crippen LogP contribution is 2.46. The lowest BCUT2D eigenvalue weighted by atomic mass is 9.61. The molecular formula is C23H20F2N6O3. The summed E-state index contributed by atoms with van der Waals surface area (Å²) in [6.45, 7) is 0. The van der Waals surface area contributed by atoms with E-state index in [1.54, 1.807) is 6.20 Å². The van der Waals surface area contributed by atoms with Crippen LogP contribution in [0.3, 0.4) is 0 Å². The fourth-order valence-electron chi connectivity index (χ4n) is 5.50. The van der Waals surface area contributed by atoms with Crippen molar-refractivity contribution in [2.24, 2.45) is 17.8 Å². The third kappa shape index (κ3) is 3.30. The molecule has 3 N–H and O–H groups in total. The molecule has 3 aliphatic rings. The van der Waals surface area contributed by atoms with Gasteiger partial charge in [-0.25, -0.2) is 23.7 Å². The second kappa shape index (κ2) is 7.86. The van der Waals surface area contributed by atoms with Gasteiger partial charge in [-0.15, -0.1) is 0 Å². The van der Waals surface area contributed by atoms with Gasteiger partial charge in [0.05, 0.1) is 18.3 Å². The van der Waals surface area contributed by atoms with Gasteiger partial charge in [0.1, 0.15) is 11.5 Å². The highest BCUT2D eigenvalue weighted by atomic mass is 19.1. The number of hydrogen-bond acceptors (Lipinski definition) is 7. The van der Waals surface area contributed by atoms with Crippen LogP contribution < -0.4 is 5.32 Å². The van der Waals surface area contributed by atoms with Crippen LogP contribution in [0, 0.1) is 29.4 Å². The summed E-state index contributed by atoms with van der Waals surface area (Å²) < 4.78 is 34.7. The first kappa shape index (κ1) is 20.7. The first-order chi connectivity index (χ1) is 16.5. The van der Waals surface area contributed by atoms with Crippen molar-refractivity contribution in [1.29, 1.82) is 0 Å². The number of hydrogen-bond donors (Lipinski definition) is 3. The summed E-state index contributed by atoms with van der Waals surface area (Å²) in [5.74, 6) is -2.61. The maximum absolute atomic E-state index is 15.7. The fraction of sp³-hybridized carbons (Fsp3) is 0.348. The average Bonchev–Trinajstić information content (AvgIpc) is 3.51. The van der Waals surface area contributed by atoms with Gasteiger partial charge in [-0.3, -0.25) is 4.79 Å². The lowest BCUT2D eigenvalue weighted by Crippen LogP contribution is -2.51. The smallest absolute Gasteiger partial charge is 0.308 e. The van der Waals surface area contributed by atoms with Gasteiger partial charge in [0, 0.05) is 29.3 Å². The second-order valence-electron chi connectivity index (χ2n) is 8.90. The van der Waals surface area contributed by atoms with E-state index in [1.807, 2.05) is 0 Å². The third-order valence-electron chi connectivity index (χ3n) is 7.07. The average molecular weight is 466 g/mol. The number of fused-ring (bicyclic) bond motifs is 4. The van der Waals surface area contributed by atoms with Crippen molar-refractivity contribution in [2.45, 2.75) is 31.7 Å². The molecule has 4 heterocycles. The van der Waals surface area contributed by atoms with Gasteiger partial charge in [0.15, 0.2) is 28.9 Å². The monoisotopic (exact) mass is 466 g/mol. The topological polar surface area (TPSA) is 130 Å². The molecular weight excluding hydrogens is 446 g/mol. The van der Waals surface area contributed by atoms with Crippen molar-refractivity contribution in [3.05, 3.63) is 42.4 Å². The van der Waals surface area contributed by atoms with Crippen molar-refractivity contribution >= 4 is 22.8 Å². The number of H-pyrrole nitrogens is 1. The number of rotatable bonds is 5. The minimum Gasteiger partial charge on any atom is -0.481 e. The number of nitrogens with one attached hydrogen (secondary N) is 2. The number of carboxylic acids is 1. The zero-order valence-corrected chi connectivity index (χ0v) is 17.8. The van der Waals surface area contributed by atoms with Crippen LogP contribution in [-0.4, -0.2) is 42.2 Å². The van der Waals surface area contributed by atoms with Crippen molar-refractivity contribution < 1.29 is 23.2 Å². The van der Waals surface area contributed by atoms with E-state index in [0.717, 1.165) is 31.9 Å². The van der Waals surface area contributed by atoms with Gasteiger partial charge < -0.3 is 19.9 Å². The van der Waals surface area contributed by atoms with Crippen LogP contribution in [0.1, 0.15) is 25.7 Å². The van der Waals surface area contributed by atoms with Crippen LogP contribution in [0.15, 0.2) is 35.2 Å². The largest absolute Gasteiger partial charge is 0.481 e. The molecule has 34 heavy (non-hydrogen) atoms. The molecule has 2 unspecified atom stereocenters. The molecule has 3 saturated carbocycles. The van der Waals surface area contributed by atoms with Crippen LogP contribution in [0.25, 0.3) is 33.9 Å². The predicted molar refractivity (Wildman–Crippen MR) is 117 cm³/mol. The van der Waals surface area contributed by atoms with Crippen LogP contribution in [0.4, 0.5) is 14.6 Å². The predicted octanol–water partition coefficient (Wildman–Crippen LogP) is 4.25. The Hall–Kier alpha value is -3.89. The maximum Gasteiger partial charge on any atom is 0.308 e. The van der Waals surface area contributed by atoms with Gasteiger partial charge in [-0.05, 0) is 43.6 Å². The minimum absolute atomic E-state index is 0.0424.